The molecule has 0 aromatic carbocycles. The Kier molecular flexibility index (Phi) is 7.37. The molecule has 2 N–H and O–H groups in total. The van der Waals surface area contributed by atoms with Crippen LogP contribution in [0.15, 0.2) is 22.5 Å². The predicted molar refractivity (Wildman–Crippen MR) is 115 cm³/mol. The molecule has 1 aromatic heterocycles. The molecule has 8 nitrogen and oxygen atoms in total. The Balaban J connectivity index is 1.55. The first-order chi connectivity index (χ1) is 13.8. The zero-order valence-electron chi connectivity index (χ0n) is 17.7. The molecule has 3 heterocycles. The highest BCUT2D eigenvalue weighted by Crippen LogP contribution is 2.26. The van der Waals surface area contributed by atoms with Gasteiger partial charge in [-0.2, -0.15) is 0 Å². The monoisotopic (exact) mass is 423 g/mol. The summed E-state index contributed by atoms with van der Waals surface area (Å²) in [6.07, 6.45) is -0.266. The van der Waals surface area contributed by atoms with Crippen LogP contribution < -0.4 is 5.73 Å². The normalized spacial score (nSPS) is 20.6. The highest BCUT2D eigenvalue weighted by molar-refractivity contribution is 7.10. The number of piperazine rings is 1. The molecule has 0 saturated carbocycles. The Hall–Kier alpha value is -1.84. The van der Waals surface area contributed by atoms with Gasteiger partial charge in [0.15, 0.2) is 5.96 Å². The SMILES string of the molecule is CC(C)(C)OC(=O)N1CCN(C(N)=NCC(c2cccs2)N2CCOCC2)CC1. The van der Waals surface area contributed by atoms with Crippen LogP contribution in [0.25, 0.3) is 0 Å². The second-order valence-electron chi connectivity index (χ2n) is 8.33. The lowest BCUT2D eigenvalue weighted by Gasteiger charge is -2.36. The average molecular weight is 424 g/mol. The number of amides is 1. The molecular formula is C20H33N5O3S. The second-order valence-corrected chi connectivity index (χ2v) is 9.31. The number of hydrogen-bond donors (Lipinski definition) is 1. The molecule has 0 spiro atoms. The summed E-state index contributed by atoms with van der Waals surface area (Å²) in [6, 6.07) is 4.47. The minimum absolute atomic E-state index is 0.223. The van der Waals surface area contributed by atoms with Crippen molar-refractivity contribution in [3.63, 3.8) is 0 Å². The molecule has 2 aliphatic heterocycles. The number of thiophene rings is 1. The van der Waals surface area contributed by atoms with E-state index in [2.05, 4.69) is 22.4 Å². The number of morpholine rings is 1. The maximum absolute atomic E-state index is 12.2. The van der Waals surface area contributed by atoms with Gasteiger partial charge in [-0.05, 0) is 32.2 Å². The minimum Gasteiger partial charge on any atom is -0.444 e. The van der Waals surface area contributed by atoms with E-state index in [0.717, 1.165) is 26.3 Å². The summed E-state index contributed by atoms with van der Waals surface area (Å²) in [5, 5.41) is 2.10. The molecule has 3 rings (SSSR count). The van der Waals surface area contributed by atoms with Crippen molar-refractivity contribution in [2.24, 2.45) is 10.7 Å². The molecule has 1 amide bonds. The van der Waals surface area contributed by atoms with Crippen molar-refractivity contribution in [1.29, 1.82) is 0 Å². The Labute approximate surface area is 177 Å². The van der Waals surface area contributed by atoms with Gasteiger partial charge in [-0.15, -0.1) is 11.3 Å². The standard InChI is InChI=1S/C20H33N5O3S/c1-20(2,3)28-19(26)25-8-6-24(7-9-25)18(21)22-15-16(17-5-4-14-29-17)23-10-12-27-13-11-23/h4-5,14,16H,6-13,15H2,1-3H3,(H2,21,22). The maximum atomic E-state index is 12.2. The van der Waals surface area contributed by atoms with Gasteiger partial charge in [0.05, 0.1) is 25.8 Å². The molecule has 0 aliphatic carbocycles. The zero-order valence-corrected chi connectivity index (χ0v) is 18.5. The van der Waals surface area contributed by atoms with E-state index in [4.69, 9.17) is 20.2 Å². The second kappa shape index (κ2) is 9.77. The predicted octanol–water partition coefficient (Wildman–Crippen LogP) is 1.99. The van der Waals surface area contributed by atoms with Gasteiger partial charge in [-0.1, -0.05) is 6.07 Å². The van der Waals surface area contributed by atoms with E-state index in [1.807, 2.05) is 25.7 Å². The molecule has 162 valence electrons. The first kappa shape index (κ1) is 21.9. The van der Waals surface area contributed by atoms with Crippen molar-refractivity contribution >= 4 is 23.4 Å². The summed E-state index contributed by atoms with van der Waals surface area (Å²) < 4.78 is 11.0. The fourth-order valence-corrected chi connectivity index (χ4v) is 4.33. The molecule has 2 aliphatic rings. The van der Waals surface area contributed by atoms with E-state index in [1.54, 1.807) is 16.2 Å². The van der Waals surface area contributed by atoms with Crippen LogP contribution in [0.1, 0.15) is 31.7 Å². The van der Waals surface area contributed by atoms with E-state index in [-0.39, 0.29) is 12.1 Å². The summed E-state index contributed by atoms with van der Waals surface area (Å²) in [6.45, 7) is 12.1. The molecule has 0 bridgehead atoms. The number of nitrogens with zero attached hydrogens (tertiary/aromatic N) is 4. The lowest BCUT2D eigenvalue weighted by atomic mass is 10.2. The van der Waals surface area contributed by atoms with Gasteiger partial charge in [0.25, 0.3) is 0 Å². The van der Waals surface area contributed by atoms with Gasteiger partial charge in [0, 0.05) is 44.1 Å². The van der Waals surface area contributed by atoms with Gasteiger partial charge >= 0.3 is 6.09 Å². The van der Waals surface area contributed by atoms with Crippen molar-refractivity contribution < 1.29 is 14.3 Å². The van der Waals surface area contributed by atoms with Gasteiger partial charge in [-0.3, -0.25) is 9.89 Å². The van der Waals surface area contributed by atoms with Gasteiger partial charge in [0.2, 0.25) is 0 Å². The smallest absolute Gasteiger partial charge is 0.410 e. The van der Waals surface area contributed by atoms with Crippen molar-refractivity contribution in [1.82, 2.24) is 14.7 Å². The fourth-order valence-electron chi connectivity index (χ4n) is 3.48. The van der Waals surface area contributed by atoms with E-state index in [0.29, 0.717) is 38.7 Å². The molecule has 29 heavy (non-hydrogen) atoms. The number of guanidine groups is 1. The van der Waals surface area contributed by atoms with E-state index in [9.17, 15) is 4.79 Å². The highest BCUT2D eigenvalue weighted by atomic mass is 32.1. The molecular weight excluding hydrogens is 390 g/mol. The Morgan fingerprint density at radius 3 is 2.45 bits per heavy atom. The number of aliphatic imine (C=N–C) groups is 1. The Bertz CT molecular complexity index is 675. The van der Waals surface area contributed by atoms with Crippen molar-refractivity contribution in [2.75, 3.05) is 59.0 Å². The topological polar surface area (TPSA) is 83.6 Å². The highest BCUT2D eigenvalue weighted by Gasteiger charge is 2.27. The minimum atomic E-state index is -0.481. The quantitative estimate of drug-likeness (QED) is 0.589. The Morgan fingerprint density at radius 1 is 1.21 bits per heavy atom. The molecule has 1 unspecified atom stereocenters. The molecule has 2 fully saturated rings. The summed E-state index contributed by atoms with van der Waals surface area (Å²) in [5.41, 5.74) is 5.82. The number of rotatable bonds is 4. The summed E-state index contributed by atoms with van der Waals surface area (Å²) in [4.78, 5) is 24.4. The molecule has 1 atom stereocenters. The third-order valence-electron chi connectivity index (χ3n) is 5.04. The lowest BCUT2D eigenvalue weighted by Crippen LogP contribution is -2.53. The van der Waals surface area contributed by atoms with Crippen LogP contribution in [0.4, 0.5) is 4.79 Å². The molecule has 0 radical (unpaired) electrons. The average Bonchev–Trinajstić information content (AvgIpc) is 3.22. The zero-order chi connectivity index (χ0) is 20.9. The van der Waals surface area contributed by atoms with Crippen LogP contribution in [0, 0.1) is 0 Å². The largest absolute Gasteiger partial charge is 0.444 e. The van der Waals surface area contributed by atoms with E-state index >= 15 is 0 Å². The first-order valence-corrected chi connectivity index (χ1v) is 11.1. The van der Waals surface area contributed by atoms with Crippen molar-refractivity contribution in [3.8, 4) is 0 Å². The van der Waals surface area contributed by atoms with Crippen LogP contribution in [-0.4, -0.2) is 91.4 Å². The maximum Gasteiger partial charge on any atom is 0.410 e. The summed E-state index contributed by atoms with van der Waals surface area (Å²) in [7, 11) is 0. The van der Waals surface area contributed by atoms with Crippen molar-refractivity contribution in [3.05, 3.63) is 22.4 Å². The lowest BCUT2D eigenvalue weighted by molar-refractivity contribution is 0.0176. The fraction of sp³-hybridized carbons (Fsp3) is 0.700. The van der Waals surface area contributed by atoms with Crippen LogP contribution in [0.5, 0.6) is 0 Å². The molecule has 2 saturated heterocycles. The summed E-state index contributed by atoms with van der Waals surface area (Å²) >= 11 is 1.76. The van der Waals surface area contributed by atoms with E-state index < -0.39 is 5.60 Å². The number of hydrogen-bond acceptors (Lipinski definition) is 6. The third kappa shape index (κ3) is 6.32. The number of nitrogens with two attached hydrogens (primary N) is 1. The van der Waals surface area contributed by atoms with Crippen molar-refractivity contribution in [2.45, 2.75) is 32.4 Å². The number of carbonyl (C=O) groups excluding carboxylic acids is 1. The van der Waals surface area contributed by atoms with Crippen LogP contribution in [-0.2, 0) is 9.47 Å². The Morgan fingerprint density at radius 2 is 1.86 bits per heavy atom. The van der Waals surface area contributed by atoms with Crippen LogP contribution in [0.3, 0.4) is 0 Å². The number of ether oxygens (including phenoxy) is 2. The number of carbonyl (C=O) groups is 1. The molecule has 9 heteroatoms. The van der Waals surface area contributed by atoms with Gasteiger partial charge < -0.3 is 25.0 Å². The van der Waals surface area contributed by atoms with Gasteiger partial charge in [0.1, 0.15) is 5.60 Å². The van der Waals surface area contributed by atoms with Crippen LogP contribution in [0.2, 0.25) is 0 Å². The molecule has 1 aromatic rings. The van der Waals surface area contributed by atoms with Gasteiger partial charge in [-0.25, -0.2) is 4.79 Å². The van der Waals surface area contributed by atoms with Crippen LogP contribution >= 0.6 is 11.3 Å². The van der Waals surface area contributed by atoms with E-state index in [1.165, 1.54) is 4.88 Å². The first-order valence-electron chi connectivity index (χ1n) is 10.2. The third-order valence-corrected chi connectivity index (χ3v) is 6.01. The summed E-state index contributed by atoms with van der Waals surface area (Å²) in [5.74, 6) is 0.545.